The fraction of sp³-hybridized carbons (Fsp3) is 0.412. The van der Waals surface area contributed by atoms with Crippen LogP contribution >= 0.6 is 11.3 Å². The van der Waals surface area contributed by atoms with E-state index >= 15 is 0 Å². The summed E-state index contributed by atoms with van der Waals surface area (Å²) in [7, 11) is 0. The zero-order valence-corrected chi connectivity index (χ0v) is 12.2. The molecule has 2 heteroatoms. The molecule has 3 rings (SSSR count). The summed E-state index contributed by atoms with van der Waals surface area (Å²) in [5, 5.41) is 5.95. The molecular weight excluding hydrogens is 250 g/mol. The van der Waals surface area contributed by atoms with Crippen LogP contribution in [0.15, 0.2) is 41.8 Å². The summed E-state index contributed by atoms with van der Waals surface area (Å²) in [6.45, 7) is 3.31. The third-order valence-electron chi connectivity index (χ3n) is 3.88. The predicted molar refractivity (Wildman–Crippen MR) is 83.4 cm³/mol. The Labute approximate surface area is 119 Å². The van der Waals surface area contributed by atoms with Crippen molar-refractivity contribution >= 4 is 11.3 Å². The van der Waals surface area contributed by atoms with Crippen LogP contribution in [0, 0.1) is 5.92 Å². The summed E-state index contributed by atoms with van der Waals surface area (Å²) in [6.07, 6.45) is 4.09. The van der Waals surface area contributed by atoms with Crippen molar-refractivity contribution in [3.63, 3.8) is 0 Å². The van der Waals surface area contributed by atoms with Crippen molar-refractivity contribution in [2.45, 2.75) is 38.8 Å². The molecular formula is C17H21NS. The van der Waals surface area contributed by atoms with Crippen LogP contribution in [0.1, 0.15) is 31.1 Å². The van der Waals surface area contributed by atoms with E-state index in [1.165, 1.54) is 35.3 Å². The number of hydrogen-bond donors (Lipinski definition) is 1. The Morgan fingerprint density at radius 3 is 2.84 bits per heavy atom. The Hall–Kier alpha value is -1.12. The Balaban J connectivity index is 1.55. The molecule has 19 heavy (non-hydrogen) atoms. The molecule has 1 heterocycles. The Morgan fingerprint density at radius 1 is 1.21 bits per heavy atom. The first-order chi connectivity index (χ1) is 9.36. The molecule has 1 fully saturated rings. The second-order valence-corrected chi connectivity index (χ2v) is 6.44. The van der Waals surface area contributed by atoms with Gasteiger partial charge in [-0.05, 0) is 41.3 Å². The molecule has 1 aromatic carbocycles. The fourth-order valence-corrected chi connectivity index (χ4v) is 3.52. The maximum Gasteiger partial charge on any atom is 0.0302 e. The van der Waals surface area contributed by atoms with Gasteiger partial charge in [-0.15, -0.1) is 11.3 Å². The molecule has 2 unspecified atom stereocenters. The summed E-state index contributed by atoms with van der Waals surface area (Å²) in [5.41, 5.74) is 2.67. The van der Waals surface area contributed by atoms with Crippen LogP contribution in [0.5, 0.6) is 0 Å². The quantitative estimate of drug-likeness (QED) is 0.803. The molecule has 1 aliphatic carbocycles. The highest BCUT2D eigenvalue weighted by atomic mass is 32.1. The summed E-state index contributed by atoms with van der Waals surface area (Å²) in [4.78, 5) is 1.45. The summed E-state index contributed by atoms with van der Waals surface area (Å²) in [5.74, 6) is 0.943. The zero-order chi connectivity index (χ0) is 13.1. The highest BCUT2D eigenvalue weighted by Crippen LogP contribution is 2.35. The number of hydrogen-bond acceptors (Lipinski definition) is 2. The number of thiophene rings is 1. The maximum absolute atomic E-state index is 3.68. The molecule has 2 aromatic rings. The van der Waals surface area contributed by atoms with Crippen LogP contribution in [0.25, 0.3) is 11.1 Å². The van der Waals surface area contributed by atoms with Gasteiger partial charge in [0.05, 0.1) is 0 Å². The molecule has 2 atom stereocenters. The average Bonchev–Trinajstić information content (AvgIpc) is 3.02. The van der Waals surface area contributed by atoms with E-state index < -0.39 is 0 Å². The Morgan fingerprint density at radius 2 is 2.05 bits per heavy atom. The lowest BCUT2D eigenvalue weighted by molar-refractivity contribution is 0.602. The molecule has 0 saturated heterocycles. The summed E-state index contributed by atoms with van der Waals surface area (Å²) in [6, 6.07) is 13.7. The molecule has 0 bridgehead atoms. The first-order valence-electron chi connectivity index (χ1n) is 7.23. The molecule has 100 valence electrons. The lowest BCUT2D eigenvalue weighted by Gasteiger charge is -2.01. The largest absolute Gasteiger partial charge is 0.309 e. The normalized spacial score (nSPS) is 21.5. The van der Waals surface area contributed by atoms with Gasteiger partial charge in [-0.25, -0.2) is 0 Å². The Kier molecular flexibility index (Phi) is 4.00. The third kappa shape index (κ3) is 3.26. The monoisotopic (exact) mass is 271 g/mol. The standard InChI is InChI=1S/C17H21NS/c1-2-6-14-10-17(14)18-11-16-9-15(12-19-16)13-7-4-3-5-8-13/h3-5,7-9,12,14,17-18H,2,6,10-11H2,1H3. The van der Waals surface area contributed by atoms with Crippen LogP contribution in [0.4, 0.5) is 0 Å². The lowest BCUT2D eigenvalue weighted by Crippen LogP contribution is -2.16. The van der Waals surface area contributed by atoms with Crippen LogP contribution in [-0.4, -0.2) is 6.04 Å². The SMILES string of the molecule is CCCC1CC1NCc1cc(-c2ccccc2)cs1. The topological polar surface area (TPSA) is 12.0 Å². The second-order valence-electron chi connectivity index (χ2n) is 5.44. The third-order valence-corrected chi connectivity index (χ3v) is 4.82. The van der Waals surface area contributed by atoms with Gasteiger partial charge in [0.25, 0.3) is 0 Å². The minimum Gasteiger partial charge on any atom is -0.309 e. The van der Waals surface area contributed by atoms with Gasteiger partial charge in [-0.3, -0.25) is 0 Å². The average molecular weight is 271 g/mol. The molecule has 1 nitrogen and oxygen atoms in total. The molecule has 0 amide bonds. The number of benzene rings is 1. The molecule has 0 spiro atoms. The van der Waals surface area contributed by atoms with Gasteiger partial charge in [0.1, 0.15) is 0 Å². The van der Waals surface area contributed by atoms with Gasteiger partial charge in [-0.2, -0.15) is 0 Å². The first-order valence-corrected chi connectivity index (χ1v) is 8.11. The van der Waals surface area contributed by atoms with E-state index in [-0.39, 0.29) is 0 Å². The first kappa shape index (κ1) is 12.9. The second kappa shape index (κ2) is 5.89. The van der Waals surface area contributed by atoms with E-state index in [9.17, 15) is 0 Å². The van der Waals surface area contributed by atoms with E-state index in [1.807, 2.05) is 11.3 Å². The molecule has 1 saturated carbocycles. The minimum atomic E-state index is 0.780. The zero-order valence-electron chi connectivity index (χ0n) is 11.4. The van der Waals surface area contributed by atoms with Crippen molar-refractivity contribution in [1.29, 1.82) is 0 Å². The Bertz CT molecular complexity index is 517. The minimum absolute atomic E-state index is 0.780. The van der Waals surface area contributed by atoms with Crippen molar-refractivity contribution in [3.8, 4) is 11.1 Å². The highest BCUT2D eigenvalue weighted by molar-refractivity contribution is 7.10. The fourth-order valence-electron chi connectivity index (χ4n) is 2.67. The van der Waals surface area contributed by atoms with Crippen molar-refractivity contribution in [1.82, 2.24) is 5.32 Å². The molecule has 1 aliphatic rings. The predicted octanol–water partition coefficient (Wildman–Crippen LogP) is 4.69. The lowest BCUT2D eigenvalue weighted by atomic mass is 10.1. The molecule has 0 radical (unpaired) electrons. The van der Waals surface area contributed by atoms with Gasteiger partial charge in [0, 0.05) is 17.5 Å². The van der Waals surface area contributed by atoms with Crippen LogP contribution in [0.3, 0.4) is 0 Å². The van der Waals surface area contributed by atoms with Gasteiger partial charge in [0.2, 0.25) is 0 Å². The van der Waals surface area contributed by atoms with Crippen molar-refractivity contribution in [3.05, 3.63) is 46.7 Å². The van der Waals surface area contributed by atoms with Gasteiger partial charge >= 0.3 is 0 Å². The number of nitrogens with one attached hydrogen (secondary N) is 1. The maximum atomic E-state index is 3.68. The van der Waals surface area contributed by atoms with E-state index in [1.54, 1.807) is 0 Å². The van der Waals surface area contributed by atoms with Crippen LogP contribution in [0.2, 0.25) is 0 Å². The van der Waals surface area contributed by atoms with Crippen LogP contribution in [-0.2, 0) is 6.54 Å². The van der Waals surface area contributed by atoms with Crippen molar-refractivity contribution < 1.29 is 0 Å². The van der Waals surface area contributed by atoms with E-state index in [4.69, 9.17) is 0 Å². The van der Waals surface area contributed by atoms with Crippen LogP contribution < -0.4 is 5.32 Å². The smallest absolute Gasteiger partial charge is 0.0302 e. The van der Waals surface area contributed by atoms with Gasteiger partial charge < -0.3 is 5.32 Å². The van der Waals surface area contributed by atoms with E-state index in [0.717, 1.165) is 18.5 Å². The summed E-state index contributed by atoms with van der Waals surface area (Å²) < 4.78 is 0. The van der Waals surface area contributed by atoms with E-state index in [0.29, 0.717) is 0 Å². The van der Waals surface area contributed by atoms with Crippen molar-refractivity contribution in [2.24, 2.45) is 5.92 Å². The molecule has 0 aliphatic heterocycles. The number of rotatable bonds is 6. The molecule has 1 N–H and O–H groups in total. The highest BCUT2D eigenvalue weighted by Gasteiger charge is 2.35. The van der Waals surface area contributed by atoms with E-state index in [2.05, 4.69) is 54.0 Å². The summed E-state index contributed by atoms with van der Waals surface area (Å²) >= 11 is 1.87. The molecule has 1 aromatic heterocycles. The van der Waals surface area contributed by atoms with Gasteiger partial charge in [0.15, 0.2) is 0 Å². The van der Waals surface area contributed by atoms with Crippen molar-refractivity contribution in [2.75, 3.05) is 0 Å². The van der Waals surface area contributed by atoms with Gasteiger partial charge in [-0.1, -0.05) is 43.7 Å².